The van der Waals surface area contributed by atoms with E-state index >= 15 is 0 Å². The molecule has 0 bridgehead atoms. The first-order valence-electron chi connectivity index (χ1n) is 10.5. The Bertz CT molecular complexity index is 1240. The Labute approximate surface area is 183 Å². The summed E-state index contributed by atoms with van der Waals surface area (Å²) in [6.07, 6.45) is 4.15. The topological polar surface area (TPSA) is 87.9 Å². The molecule has 2 heterocycles. The van der Waals surface area contributed by atoms with Gasteiger partial charge < -0.3 is 15.7 Å². The minimum atomic E-state index is -0.380. The van der Waals surface area contributed by atoms with Gasteiger partial charge in [-0.3, -0.25) is 4.57 Å². The summed E-state index contributed by atoms with van der Waals surface area (Å²) >= 11 is 0. The van der Waals surface area contributed by atoms with Gasteiger partial charge in [0.1, 0.15) is 17.2 Å². The summed E-state index contributed by atoms with van der Waals surface area (Å²) in [5.74, 6) is 0.113. The minimum absolute atomic E-state index is 0.0474. The molecule has 0 atom stereocenters. The minimum Gasteiger partial charge on any atom is -0.393 e. The number of fused-ring (bicyclic) bond motifs is 1. The third kappa shape index (κ3) is 4.11. The maximum absolute atomic E-state index is 14.3. The van der Waals surface area contributed by atoms with Crippen molar-refractivity contribution in [1.82, 2.24) is 19.5 Å². The fourth-order valence-corrected chi connectivity index (χ4v) is 4.05. The first-order chi connectivity index (χ1) is 15.6. The molecule has 32 heavy (non-hydrogen) atoms. The van der Waals surface area contributed by atoms with Crippen molar-refractivity contribution in [3.05, 3.63) is 66.4 Å². The average molecular weight is 436 g/mol. The number of aliphatic hydroxyl groups is 1. The van der Waals surface area contributed by atoms with E-state index in [1.54, 1.807) is 36.5 Å². The molecule has 7 nitrogen and oxygen atoms in total. The molecule has 0 unspecified atom stereocenters. The van der Waals surface area contributed by atoms with E-state index in [1.807, 2.05) is 4.57 Å². The van der Waals surface area contributed by atoms with Gasteiger partial charge in [0.25, 0.3) is 0 Å². The fraction of sp³-hybridized carbons (Fsp3) is 0.261. The zero-order valence-electron chi connectivity index (χ0n) is 17.2. The van der Waals surface area contributed by atoms with E-state index in [0.717, 1.165) is 12.8 Å². The molecule has 0 saturated heterocycles. The second-order valence-electron chi connectivity index (χ2n) is 7.91. The zero-order chi connectivity index (χ0) is 22.1. The van der Waals surface area contributed by atoms with Crippen molar-refractivity contribution in [2.45, 2.75) is 37.8 Å². The molecule has 1 aliphatic carbocycles. The summed E-state index contributed by atoms with van der Waals surface area (Å²) in [5, 5.41) is 16.1. The molecule has 3 N–H and O–H groups in total. The highest BCUT2D eigenvalue weighted by Gasteiger charge is 2.26. The van der Waals surface area contributed by atoms with Gasteiger partial charge in [-0.05, 0) is 62.1 Å². The van der Waals surface area contributed by atoms with Crippen LogP contribution in [0.1, 0.15) is 31.7 Å². The highest BCUT2D eigenvalue weighted by atomic mass is 19.1. The van der Waals surface area contributed by atoms with Crippen LogP contribution in [0.4, 0.5) is 32.1 Å². The van der Waals surface area contributed by atoms with E-state index in [-0.39, 0.29) is 23.8 Å². The summed E-state index contributed by atoms with van der Waals surface area (Å²) in [5.41, 5.74) is 2.14. The Kier molecular flexibility index (Phi) is 5.40. The summed E-state index contributed by atoms with van der Waals surface area (Å²) in [4.78, 5) is 13.6. The lowest BCUT2D eigenvalue weighted by atomic mass is 9.93. The number of aliphatic hydroxyl groups excluding tert-OH is 1. The number of para-hydroxylation sites is 1. The van der Waals surface area contributed by atoms with Crippen molar-refractivity contribution in [2.75, 3.05) is 10.6 Å². The number of rotatable bonds is 5. The molecular weight excluding hydrogens is 414 g/mol. The largest absolute Gasteiger partial charge is 0.393 e. The van der Waals surface area contributed by atoms with Crippen LogP contribution in [0, 0.1) is 11.6 Å². The van der Waals surface area contributed by atoms with Crippen molar-refractivity contribution in [3.63, 3.8) is 0 Å². The molecule has 2 aromatic carbocycles. The van der Waals surface area contributed by atoms with Gasteiger partial charge >= 0.3 is 0 Å². The van der Waals surface area contributed by atoms with Gasteiger partial charge in [0.05, 0.1) is 18.0 Å². The summed E-state index contributed by atoms with van der Waals surface area (Å²) in [7, 11) is 0. The van der Waals surface area contributed by atoms with Crippen molar-refractivity contribution in [2.24, 2.45) is 0 Å². The maximum Gasteiger partial charge on any atom is 0.229 e. The zero-order valence-corrected chi connectivity index (χ0v) is 17.2. The van der Waals surface area contributed by atoms with Crippen LogP contribution in [0.25, 0.3) is 11.2 Å². The molecule has 9 heteroatoms. The van der Waals surface area contributed by atoms with Crippen LogP contribution < -0.4 is 10.6 Å². The molecule has 1 saturated carbocycles. The molecule has 0 radical (unpaired) electrons. The number of benzene rings is 2. The molecule has 164 valence electrons. The third-order valence-electron chi connectivity index (χ3n) is 5.68. The summed E-state index contributed by atoms with van der Waals surface area (Å²) in [6.45, 7) is 0. The van der Waals surface area contributed by atoms with E-state index in [9.17, 15) is 13.9 Å². The van der Waals surface area contributed by atoms with Gasteiger partial charge in [0.15, 0.2) is 5.65 Å². The highest BCUT2D eigenvalue weighted by Crippen LogP contribution is 2.35. The monoisotopic (exact) mass is 436 g/mol. The lowest BCUT2D eigenvalue weighted by Gasteiger charge is -2.28. The van der Waals surface area contributed by atoms with Crippen molar-refractivity contribution in [3.8, 4) is 0 Å². The van der Waals surface area contributed by atoms with Crippen molar-refractivity contribution >= 4 is 34.4 Å². The van der Waals surface area contributed by atoms with E-state index in [2.05, 4.69) is 25.6 Å². The van der Waals surface area contributed by atoms with Crippen LogP contribution >= 0.6 is 0 Å². The first kappa shape index (κ1) is 20.3. The number of halogens is 2. The van der Waals surface area contributed by atoms with Crippen LogP contribution in [0.5, 0.6) is 0 Å². The smallest absolute Gasteiger partial charge is 0.229 e. The van der Waals surface area contributed by atoms with Crippen LogP contribution in [-0.4, -0.2) is 30.7 Å². The quantitative estimate of drug-likeness (QED) is 0.405. The summed E-state index contributed by atoms with van der Waals surface area (Å²) < 4.78 is 29.5. The van der Waals surface area contributed by atoms with E-state index < -0.39 is 0 Å². The van der Waals surface area contributed by atoms with E-state index in [4.69, 9.17) is 0 Å². The molecule has 0 aliphatic heterocycles. The van der Waals surface area contributed by atoms with Crippen LogP contribution in [0.15, 0.2) is 54.7 Å². The lowest BCUT2D eigenvalue weighted by molar-refractivity contribution is 0.112. The van der Waals surface area contributed by atoms with Crippen LogP contribution in [0.3, 0.4) is 0 Å². The standard InChI is InChI=1S/C23H22F2N6O/c24-14-5-7-15(8-6-14)27-22-26-13-20-21(30-22)31(16-9-11-17(32)12-10-16)23(29-20)28-19-4-2-1-3-18(19)25/h1-8,13,16-17,32H,9-12H2,(H,28,29)(H,26,27,30)/t16-,17-. The molecule has 1 fully saturated rings. The number of imidazole rings is 1. The van der Waals surface area contributed by atoms with E-state index in [0.29, 0.717) is 47.3 Å². The lowest BCUT2D eigenvalue weighted by Crippen LogP contribution is -2.22. The predicted octanol–water partition coefficient (Wildman–Crippen LogP) is 5.07. The molecule has 0 spiro atoms. The maximum atomic E-state index is 14.3. The van der Waals surface area contributed by atoms with Crippen LogP contribution in [0.2, 0.25) is 0 Å². The molecular formula is C23H22F2N6O. The van der Waals surface area contributed by atoms with Gasteiger partial charge in [0.2, 0.25) is 11.9 Å². The van der Waals surface area contributed by atoms with Gasteiger partial charge in [-0.15, -0.1) is 0 Å². The second-order valence-corrected chi connectivity index (χ2v) is 7.91. The molecule has 0 amide bonds. The van der Waals surface area contributed by atoms with Gasteiger partial charge in [-0.1, -0.05) is 12.1 Å². The number of hydrogen-bond acceptors (Lipinski definition) is 6. The number of nitrogens with zero attached hydrogens (tertiary/aromatic N) is 4. The normalized spacial score (nSPS) is 18.6. The van der Waals surface area contributed by atoms with Crippen molar-refractivity contribution in [1.29, 1.82) is 0 Å². The van der Waals surface area contributed by atoms with Gasteiger partial charge in [0, 0.05) is 11.7 Å². The SMILES string of the molecule is O[C@H]1CC[C@H](n2c(Nc3ccccc3F)nc3cnc(Nc4ccc(F)cc4)nc32)CC1. The second kappa shape index (κ2) is 8.51. The molecule has 5 rings (SSSR count). The number of hydrogen-bond donors (Lipinski definition) is 3. The fourth-order valence-electron chi connectivity index (χ4n) is 4.05. The Morgan fingerprint density at radius 3 is 2.41 bits per heavy atom. The Morgan fingerprint density at radius 1 is 0.906 bits per heavy atom. The summed E-state index contributed by atoms with van der Waals surface area (Å²) in [6, 6.07) is 12.4. The average Bonchev–Trinajstić information content (AvgIpc) is 3.15. The number of anilines is 4. The van der Waals surface area contributed by atoms with Crippen LogP contribution in [-0.2, 0) is 0 Å². The van der Waals surface area contributed by atoms with Gasteiger partial charge in [-0.25, -0.2) is 18.7 Å². The van der Waals surface area contributed by atoms with Gasteiger partial charge in [-0.2, -0.15) is 4.98 Å². The first-order valence-corrected chi connectivity index (χ1v) is 10.5. The Hall–Kier alpha value is -3.59. The third-order valence-corrected chi connectivity index (χ3v) is 5.68. The Morgan fingerprint density at radius 2 is 1.66 bits per heavy atom. The van der Waals surface area contributed by atoms with E-state index in [1.165, 1.54) is 18.2 Å². The predicted molar refractivity (Wildman–Crippen MR) is 118 cm³/mol. The Balaban J connectivity index is 1.55. The highest BCUT2D eigenvalue weighted by molar-refractivity contribution is 5.77. The van der Waals surface area contributed by atoms with Crippen molar-refractivity contribution < 1.29 is 13.9 Å². The molecule has 1 aliphatic rings. The molecule has 2 aromatic heterocycles. The number of nitrogens with one attached hydrogen (secondary N) is 2. The number of aromatic nitrogens is 4. The molecule has 4 aromatic rings.